The molecule has 3 rings (SSSR count). The van der Waals surface area contributed by atoms with E-state index in [2.05, 4.69) is 36.0 Å². The highest BCUT2D eigenvalue weighted by Crippen LogP contribution is 2.30. The van der Waals surface area contributed by atoms with Crippen LogP contribution in [-0.2, 0) is 10.1 Å². The summed E-state index contributed by atoms with van der Waals surface area (Å²) in [5.74, 6) is -0.379. The predicted molar refractivity (Wildman–Crippen MR) is 108 cm³/mol. The Bertz CT molecular complexity index is 1120. The molecular weight excluding hydrogens is 405 g/mol. The molecule has 0 saturated carbocycles. The standard InChI is InChI=1S/C20H19F3O3SSi/c1-28(2,3)19-10-7-14(8-11-19)16-5-4-15-6-9-18(13-17(15)12-16)26-27(24,25)20(21,22)23/h4-13H,1-3H3. The van der Waals surface area contributed by atoms with E-state index in [1.807, 2.05) is 24.3 Å². The topological polar surface area (TPSA) is 43.4 Å². The first kappa shape index (κ1) is 20.4. The van der Waals surface area contributed by atoms with E-state index in [1.54, 1.807) is 6.07 Å². The van der Waals surface area contributed by atoms with E-state index in [0.717, 1.165) is 16.5 Å². The molecule has 0 heterocycles. The smallest absolute Gasteiger partial charge is 0.376 e. The fourth-order valence-electron chi connectivity index (χ4n) is 2.79. The average molecular weight is 425 g/mol. The average Bonchev–Trinajstić information content (AvgIpc) is 2.59. The number of alkyl halides is 3. The lowest BCUT2D eigenvalue weighted by Crippen LogP contribution is -2.37. The van der Waals surface area contributed by atoms with E-state index < -0.39 is 23.7 Å². The van der Waals surface area contributed by atoms with Gasteiger partial charge in [0.25, 0.3) is 0 Å². The molecule has 0 saturated heterocycles. The maximum absolute atomic E-state index is 12.5. The van der Waals surface area contributed by atoms with E-state index in [-0.39, 0.29) is 5.75 Å². The molecule has 0 atom stereocenters. The maximum Gasteiger partial charge on any atom is 0.534 e. The van der Waals surface area contributed by atoms with Crippen LogP contribution >= 0.6 is 0 Å². The molecule has 0 aliphatic carbocycles. The summed E-state index contributed by atoms with van der Waals surface area (Å²) in [7, 11) is -7.11. The van der Waals surface area contributed by atoms with Crippen molar-refractivity contribution in [1.82, 2.24) is 0 Å². The Labute approximate surface area is 162 Å². The number of benzene rings is 3. The molecule has 3 aromatic rings. The first-order valence-corrected chi connectivity index (χ1v) is 13.4. The molecule has 0 N–H and O–H groups in total. The summed E-state index contributed by atoms with van der Waals surface area (Å²) in [5.41, 5.74) is -3.62. The van der Waals surface area contributed by atoms with Gasteiger partial charge in [0, 0.05) is 0 Å². The summed E-state index contributed by atoms with van der Waals surface area (Å²) >= 11 is 0. The Morgan fingerprint density at radius 2 is 1.36 bits per heavy atom. The molecule has 0 unspecified atom stereocenters. The lowest BCUT2D eigenvalue weighted by molar-refractivity contribution is -0.0500. The minimum Gasteiger partial charge on any atom is -0.376 e. The second-order valence-electron chi connectivity index (χ2n) is 7.53. The van der Waals surface area contributed by atoms with Gasteiger partial charge in [-0.2, -0.15) is 21.6 Å². The fourth-order valence-corrected chi connectivity index (χ4v) is 4.41. The zero-order valence-corrected chi connectivity index (χ0v) is 17.4. The van der Waals surface area contributed by atoms with Gasteiger partial charge in [0.05, 0.1) is 8.07 Å². The molecule has 0 fully saturated rings. The monoisotopic (exact) mass is 424 g/mol. The van der Waals surface area contributed by atoms with Crippen molar-refractivity contribution >= 4 is 34.2 Å². The molecule has 3 nitrogen and oxygen atoms in total. The van der Waals surface area contributed by atoms with Crippen molar-refractivity contribution < 1.29 is 25.8 Å². The second kappa shape index (κ2) is 6.93. The van der Waals surface area contributed by atoms with Crippen molar-refractivity contribution in [1.29, 1.82) is 0 Å². The molecule has 0 bridgehead atoms. The van der Waals surface area contributed by atoms with E-state index >= 15 is 0 Å². The minimum absolute atomic E-state index is 0.379. The van der Waals surface area contributed by atoms with Crippen LogP contribution in [0.25, 0.3) is 21.9 Å². The van der Waals surface area contributed by atoms with Crippen molar-refractivity contribution in [2.24, 2.45) is 0 Å². The minimum atomic E-state index is -5.70. The van der Waals surface area contributed by atoms with Gasteiger partial charge in [-0.25, -0.2) is 0 Å². The third kappa shape index (κ3) is 4.23. The van der Waals surface area contributed by atoms with Gasteiger partial charge in [0.1, 0.15) is 5.75 Å². The van der Waals surface area contributed by atoms with Crippen LogP contribution in [0.5, 0.6) is 5.75 Å². The maximum atomic E-state index is 12.5. The molecule has 0 aliphatic heterocycles. The molecule has 28 heavy (non-hydrogen) atoms. The van der Waals surface area contributed by atoms with Crippen molar-refractivity contribution in [2.45, 2.75) is 25.1 Å². The summed E-state index contributed by atoms with van der Waals surface area (Å²) in [4.78, 5) is 0. The Balaban J connectivity index is 1.97. The Hall–Kier alpha value is -2.32. The van der Waals surface area contributed by atoms with Crippen LogP contribution in [0.4, 0.5) is 13.2 Å². The van der Waals surface area contributed by atoms with Gasteiger partial charge in [-0.1, -0.05) is 67.3 Å². The lowest BCUT2D eigenvalue weighted by atomic mass is 10.0. The van der Waals surface area contributed by atoms with Gasteiger partial charge in [0.2, 0.25) is 0 Å². The van der Waals surface area contributed by atoms with E-state index in [9.17, 15) is 21.6 Å². The molecule has 148 valence electrons. The first-order chi connectivity index (χ1) is 12.9. The molecule has 0 aliphatic rings. The number of fused-ring (bicyclic) bond motifs is 1. The van der Waals surface area contributed by atoms with Crippen LogP contribution in [0.15, 0.2) is 60.7 Å². The van der Waals surface area contributed by atoms with Gasteiger partial charge in [0.15, 0.2) is 0 Å². The number of rotatable bonds is 4. The van der Waals surface area contributed by atoms with Crippen LogP contribution in [0.2, 0.25) is 19.6 Å². The number of halogens is 3. The normalized spacial score (nSPS) is 12.9. The molecule has 0 radical (unpaired) electrons. The predicted octanol–water partition coefficient (Wildman–Crippen LogP) is 5.28. The summed E-state index contributed by atoms with van der Waals surface area (Å²) in [6.45, 7) is 6.78. The van der Waals surface area contributed by atoms with E-state index in [4.69, 9.17) is 0 Å². The van der Waals surface area contributed by atoms with Gasteiger partial charge < -0.3 is 4.18 Å². The van der Waals surface area contributed by atoms with Crippen LogP contribution in [0.1, 0.15) is 0 Å². The van der Waals surface area contributed by atoms with Gasteiger partial charge in [-0.05, 0) is 40.1 Å². The SMILES string of the molecule is C[Si](C)(C)c1ccc(-c2ccc3ccc(OS(=O)(=O)C(F)(F)F)cc3c2)cc1. The zero-order valence-electron chi connectivity index (χ0n) is 15.5. The van der Waals surface area contributed by atoms with E-state index in [0.29, 0.717) is 5.39 Å². The molecule has 0 spiro atoms. The number of hydrogen-bond donors (Lipinski definition) is 0. The van der Waals surface area contributed by atoms with Gasteiger partial charge in [-0.15, -0.1) is 0 Å². The van der Waals surface area contributed by atoms with Crippen molar-refractivity contribution in [2.75, 3.05) is 0 Å². The zero-order chi connectivity index (χ0) is 20.7. The number of hydrogen-bond acceptors (Lipinski definition) is 3. The molecule has 8 heteroatoms. The second-order valence-corrected chi connectivity index (χ2v) is 14.1. The van der Waals surface area contributed by atoms with E-state index in [1.165, 1.54) is 23.4 Å². The highest BCUT2D eigenvalue weighted by molar-refractivity contribution is 7.88. The van der Waals surface area contributed by atoms with Crippen molar-refractivity contribution in [3.63, 3.8) is 0 Å². The fraction of sp³-hybridized carbons (Fsp3) is 0.200. The van der Waals surface area contributed by atoms with Crippen LogP contribution < -0.4 is 9.37 Å². The van der Waals surface area contributed by atoms with Crippen LogP contribution in [0, 0.1) is 0 Å². The Kier molecular flexibility index (Phi) is 5.05. The van der Waals surface area contributed by atoms with Gasteiger partial charge in [-0.3, -0.25) is 0 Å². The largest absolute Gasteiger partial charge is 0.534 e. The molecule has 0 amide bonds. The lowest BCUT2D eigenvalue weighted by Gasteiger charge is -2.17. The summed E-state index contributed by atoms with van der Waals surface area (Å²) in [6.07, 6.45) is 0. The third-order valence-electron chi connectivity index (χ3n) is 4.39. The Morgan fingerprint density at radius 1 is 0.786 bits per heavy atom. The molecule has 0 aromatic heterocycles. The molecule has 3 aromatic carbocycles. The Morgan fingerprint density at radius 3 is 1.93 bits per heavy atom. The van der Waals surface area contributed by atoms with Gasteiger partial charge >= 0.3 is 15.6 Å². The summed E-state index contributed by atoms with van der Waals surface area (Å²) in [6, 6.07) is 17.8. The highest BCUT2D eigenvalue weighted by Gasteiger charge is 2.48. The van der Waals surface area contributed by atoms with Crippen LogP contribution in [0.3, 0.4) is 0 Å². The quantitative estimate of drug-likeness (QED) is 0.325. The third-order valence-corrected chi connectivity index (χ3v) is 7.43. The first-order valence-electron chi connectivity index (χ1n) is 8.52. The van der Waals surface area contributed by atoms with Crippen molar-refractivity contribution in [3.8, 4) is 16.9 Å². The van der Waals surface area contributed by atoms with Crippen molar-refractivity contribution in [3.05, 3.63) is 60.7 Å². The highest BCUT2D eigenvalue weighted by atomic mass is 32.2. The van der Waals surface area contributed by atoms with Crippen LogP contribution in [-0.4, -0.2) is 22.0 Å². The summed E-state index contributed by atoms with van der Waals surface area (Å²) < 4.78 is 64.2. The molecular formula is C20H19F3O3SSi. The summed E-state index contributed by atoms with van der Waals surface area (Å²) in [5, 5.41) is 2.67.